The molecule has 0 saturated heterocycles. The third-order valence-corrected chi connectivity index (χ3v) is 3.29. The first-order valence-electron chi connectivity index (χ1n) is 5.49. The largest absolute Gasteiger partial charge is 0.369 e. The highest BCUT2D eigenvalue weighted by Crippen LogP contribution is 2.26. The van der Waals surface area contributed by atoms with Crippen LogP contribution in [0.3, 0.4) is 0 Å². The van der Waals surface area contributed by atoms with Gasteiger partial charge in [-0.2, -0.15) is 0 Å². The van der Waals surface area contributed by atoms with Crippen LogP contribution < -0.4 is 11.1 Å². The molecule has 0 aliphatic rings. The number of halogens is 2. The van der Waals surface area contributed by atoms with E-state index in [4.69, 9.17) is 17.3 Å². The van der Waals surface area contributed by atoms with E-state index >= 15 is 0 Å². The van der Waals surface area contributed by atoms with E-state index in [1.165, 1.54) is 0 Å². The Morgan fingerprint density at radius 2 is 2.11 bits per heavy atom. The summed E-state index contributed by atoms with van der Waals surface area (Å²) in [7, 11) is 0. The van der Waals surface area contributed by atoms with Gasteiger partial charge >= 0.3 is 0 Å². The quantitative estimate of drug-likeness (QED) is 0.898. The molecule has 1 amide bonds. The number of nitrogens with one attached hydrogen (secondary N) is 1. The maximum Gasteiger partial charge on any atom is 0.244 e. The van der Waals surface area contributed by atoms with Crippen molar-refractivity contribution in [3.8, 4) is 0 Å². The van der Waals surface area contributed by atoms with E-state index in [1.807, 2.05) is 0 Å². The van der Waals surface area contributed by atoms with Gasteiger partial charge in [0.15, 0.2) is 0 Å². The first kappa shape index (κ1) is 13.8. The lowest BCUT2D eigenvalue weighted by molar-refractivity contribution is -0.118. The van der Waals surface area contributed by atoms with Crippen LogP contribution in [0.1, 0.15) is 11.6 Å². The zero-order valence-corrected chi connectivity index (χ0v) is 12.1. The molecule has 1 atom stereocenters. The number of carbonyl (C=O) groups is 1. The molecule has 0 radical (unpaired) electrons. The molecule has 0 bridgehead atoms. The summed E-state index contributed by atoms with van der Waals surface area (Å²) in [5.74, 6) is -0.506. The monoisotopic (exact) mass is 339 g/mol. The lowest BCUT2D eigenvalue weighted by Crippen LogP contribution is -2.28. The van der Waals surface area contributed by atoms with Gasteiger partial charge in [0.25, 0.3) is 0 Å². The molecular formula is C13H11BrClN3O. The van der Waals surface area contributed by atoms with Gasteiger partial charge in [0.05, 0.1) is 11.9 Å². The molecule has 2 rings (SSSR count). The number of nitrogens with two attached hydrogens (primary N) is 1. The van der Waals surface area contributed by atoms with Crippen LogP contribution in [0.25, 0.3) is 0 Å². The summed E-state index contributed by atoms with van der Waals surface area (Å²) in [6.45, 7) is 0. The van der Waals surface area contributed by atoms with Gasteiger partial charge in [-0.05, 0) is 28.1 Å². The number of aromatic nitrogens is 1. The predicted molar refractivity (Wildman–Crippen MR) is 78.9 cm³/mol. The summed E-state index contributed by atoms with van der Waals surface area (Å²) in [6, 6.07) is 8.18. The maximum atomic E-state index is 11.6. The normalized spacial score (nSPS) is 11.9. The SMILES string of the molecule is NC(=O)[C@H](Nc1cncc(Br)c1)c1ccccc1Cl. The van der Waals surface area contributed by atoms with Crippen LogP contribution in [0.15, 0.2) is 47.2 Å². The van der Waals surface area contributed by atoms with Crippen LogP contribution in [0.5, 0.6) is 0 Å². The van der Waals surface area contributed by atoms with Gasteiger partial charge in [-0.1, -0.05) is 29.8 Å². The average Bonchev–Trinajstić information content (AvgIpc) is 2.37. The number of primary amides is 1. The van der Waals surface area contributed by atoms with Gasteiger partial charge in [0.1, 0.15) is 6.04 Å². The maximum absolute atomic E-state index is 11.6. The van der Waals surface area contributed by atoms with E-state index in [0.29, 0.717) is 16.3 Å². The molecule has 0 spiro atoms. The van der Waals surface area contributed by atoms with Crippen LogP contribution in [-0.4, -0.2) is 10.9 Å². The molecule has 1 heterocycles. The van der Waals surface area contributed by atoms with E-state index < -0.39 is 11.9 Å². The van der Waals surface area contributed by atoms with Gasteiger partial charge in [-0.15, -0.1) is 0 Å². The van der Waals surface area contributed by atoms with Crippen LogP contribution in [0, 0.1) is 0 Å². The van der Waals surface area contributed by atoms with Crippen molar-refractivity contribution in [2.45, 2.75) is 6.04 Å². The second-order valence-electron chi connectivity index (χ2n) is 3.89. The fraction of sp³-hybridized carbons (Fsp3) is 0.0769. The fourth-order valence-electron chi connectivity index (χ4n) is 1.67. The summed E-state index contributed by atoms with van der Waals surface area (Å²) < 4.78 is 0.805. The smallest absolute Gasteiger partial charge is 0.244 e. The van der Waals surface area contributed by atoms with E-state index in [1.54, 1.807) is 42.7 Å². The Bertz CT molecular complexity index is 606. The zero-order chi connectivity index (χ0) is 13.8. The second-order valence-corrected chi connectivity index (χ2v) is 5.22. The molecule has 3 N–H and O–H groups in total. The van der Waals surface area contributed by atoms with Gasteiger partial charge in [0, 0.05) is 21.3 Å². The molecule has 19 heavy (non-hydrogen) atoms. The number of nitrogens with zero attached hydrogens (tertiary/aromatic N) is 1. The summed E-state index contributed by atoms with van der Waals surface area (Å²) >= 11 is 9.40. The van der Waals surface area contributed by atoms with Gasteiger partial charge in [0.2, 0.25) is 5.91 Å². The Morgan fingerprint density at radius 1 is 1.37 bits per heavy atom. The van der Waals surface area contributed by atoms with Crippen molar-refractivity contribution < 1.29 is 4.79 Å². The Morgan fingerprint density at radius 3 is 2.74 bits per heavy atom. The second kappa shape index (κ2) is 6.04. The first-order chi connectivity index (χ1) is 9.08. The highest BCUT2D eigenvalue weighted by Gasteiger charge is 2.20. The number of rotatable bonds is 4. The van der Waals surface area contributed by atoms with Crippen molar-refractivity contribution in [3.05, 3.63) is 57.8 Å². The van der Waals surface area contributed by atoms with Crippen LogP contribution in [0.4, 0.5) is 5.69 Å². The van der Waals surface area contributed by atoms with Crippen molar-refractivity contribution in [2.75, 3.05) is 5.32 Å². The van der Waals surface area contributed by atoms with E-state index in [9.17, 15) is 4.79 Å². The molecular weight excluding hydrogens is 330 g/mol. The lowest BCUT2D eigenvalue weighted by atomic mass is 10.1. The minimum Gasteiger partial charge on any atom is -0.369 e. The lowest BCUT2D eigenvalue weighted by Gasteiger charge is -2.18. The highest BCUT2D eigenvalue weighted by atomic mass is 79.9. The van der Waals surface area contributed by atoms with Crippen molar-refractivity contribution in [3.63, 3.8) is 0 Å². The van der Waals surface area contributed by atoms with E-state index in [0.717, 1.165) is 4.47 Å². The van der Waals surface area contributed by atoms with Crippen molar-refractivity contribution in [2.24, 2.45) is 5.73 Å². The predicted octanol–water partition coefficient (Wildman–Crippen LogP) is 3.14. The third kappa shape index (κ3) is 3.45. The minimum atomic E-state index is -0.704. The summed E-state index contributed by atoms with van der Waals surface area (Å²) in [6.07, 6.45) is 3.26. The molecule has 4 nitrogen and oxygen atoms in total. The third-order valence-electron chi connectivity index (χ3n) is 2.52. The number of hydrogen-bond donors (Lipinski definition) is 2. The molecule has 6 heteroatoms. The molecule has 0 fully saturated rings. The number of amides is 1. The summed E-state index contributed by atoms with van der Waals surface area (Å²) in [4.78, 5) is 15.6. The Hall–Kier alpha value is -1.59. The number of carbonyl (C=O) groups excluding carboxylic acids is 1. The molecule has 0 saturated carbocycles. The van der Waals surface area contributed by atoms with Crippen molar-refractivity contribution >= 4 is 39.1 Å². The summed E-state index contributed by atoms with van der Waals surface area (Å²) in [5, 5.41) is 3.51. The molecule has 0 unspecified atom stereocenters. The average molecular weight is 341 g/mol. The number of pyridine rings is 1. The van der Waals surface area contributed by atoms with Crippen molar-refractivity contribution in [1.29, 1.82) is 0 Å². The van der Waals surface area contributed by atoms with Crippen molar-refractivity contribution in [1.82, 2.24) is 4.98 Å². The molecule has 0 aliphatic heterocycles. The van der Waals surface area contributed by atoms with Crippen LogP contribution >= 0.6 is 27.5 Å². The fourth-order valence-corrected chi connectivity index (χ4v) is 2.28. The van der Waals surface area contributed by atoms with Gasteiger partial charge < -0.3 is 11.1 Å². The Kier molecular flexibility index (Phi) is 4.39. The Labute approximate surface area is 124 Å². The minimum absolute atomic E-state index is 0.488. The molecule has 0 aliphatic carbocycles. The number of hydrogen-bond acceptors (Lipinski definition) is 3. The highest BCUT2D eigenvalue weighted by molar-refractivity contribution is 9.10. The molecule has 1 aromatic heterocycles. The van der Waals surface area contributed by atoms with Gasteiger partial charge in [-0.3, -0.25) is 9.78 Å². The topological polar surface area (TPSA) is 68.0 Å². The molecule has 2 aromatic rings. The number of anilines is 1. The zero-order valence-electron chi connectivity index (χ0n) is 9.81. The first-order valence-corrected chi connectivity index (χ1v) is 6.66. The number of benzene rings is 1. The summed E-state index contributed by atoms with van der Waals surface area (Å²) in [5.41, 5.74) is 6.75. The molecule has 1 aromatic carbocycles. The van der Waals surface area contributed by atoms with Crippen LogP contribution in [-0.2, 0) is 4.79 Å². The molecule has 98 valence electrons. The van der Waals surface area contributed by atoms with E-state index in [-0.39, 0.29) is 0 Å². The van der Waals surface area contributed by atoms with Crippen LogP contribution in [0.2, 0.25) is 5.02 Å². The standard InChI is InChI=1S/C13H11BrClN3O/c14-8-5-9(7-17-6-8)18-12(13(16)19)10-3-1-2-4-11(10)15/h1-7,12,18H,(H2,16,19)/t12-/m1/s1. The van der Waals surface area contributed by atoms with Gasteiger partial charge in [-0.25, -0.2) is 0 Å². The van der Waals surface area contributed by atoms with E-state index in [2.05, 4.69) is 26.2 Å². The Balaban J connectivity index is 2.32.